The molecule has 0 saturated carbocycles. The molecule has 0 N–H and O–H groups in total. The zero-order valence-electron chi connectivity index (χ0n) is 13.2. The number of carbonyl (C=O) groups is 1. The summed E-state index contributed by atoms with van der Waals surface area (Å²) in [4.78, 5) is 16.3. The number of carbonyl (C=O) groups excluding carboxylic acids is 1. The second kappa shape index (κ2) is 4.32. The lowest BCUT2D eigenvalue weighted by atomic mass is 9.84. The van der Waals surface area contributed by atoms with E-state index >= 15 is 0 Å². The highest BCUT2D eigenvalue weighted by atomic mass is 19.1. The molecular weight excluding hydrogens is 281 g/mol. The highest BCUT2D eigenvalue weighted by molar-refractivity contribution is 5.87. The number of benzene rings is 1. The first kappa shape index (κ1) is 13.8. The lowest BCUT2D eigenvalue weighted by Gasteiger charge is -2.50. The Kier molecular flexibility index (Phi) is 2.70. The highest BCUT2D eigenvalue weighted by Crippen LogP contribution is 2.43. The van der Waals surface area contributed by atoms with E-state index in [1.807, 2.05) is 11.0 Å². The molecular formula is C17H20FN3O. The number of likely N-dealkylation sites (N-methyl/N-ethyl adjacent to an activating group) is 1. The number of halogens is 1. The standard InChI is InChI=1S/C17H20FN3O/c1-11(22)21-7-6-13-14-8-12(18)4-5-15(14)20-10-19(3)9-17(21,2)16(13)20/h4-5,8H,6-7,9-10H2,1-3H3. The largest absolute Gasteiger partial charge is 0.330 e. The van der Waals surface area contributed by atoms with Gasteiger partial charge in [0.05, 0.1) is 17.9 Å². The molecule has 0 bridgehead atoms. The molecule has 4 rings (SSSR count). The Bertz CT molecular complexity index is 797. The van der Waals surface area contributed by atoms with E-state index in [-0.39, 0.29) is 17.3 Å². The van der Waals surface area contributed by atoms with E-state index in [4.69, 9.17) is 0 Å². The Morgan fingerprint density at radius 2 is 2.14 bits per heavy atom. The summed E-state index contributed by atoms with van der Waals surface area (Å²) in [5.41, 5.74) is 3.12. The average molecular weight is 301 g/mol. The van der Waals surface area contributed by atoms with Crippen LogP contribution in [0.25, 0.3) is 10.9 Å². The van der Waals surface area contributed by atoms with Crippen molar-refractivity contribution in [2.24, 2.45) is 0 Å². The molecule has 5 heteroatoms. The Balaban J connectivity index is 2.07. The molecule has 2 aromatic rings. The molecule has 2 aliphatic heterocycles. The van der Waals surface area contributed by atoms with Gasteiger partial charge in [0.1, 0.15) is 5.82 Å². The van der Waals surface area contributed by atoms with Crippen LogP contribution in [0.5, 0.6) is 0 Å². The van der Waals surface area contributed by atoms with Crippen LogP contribution in [0.4, 0.5) is 4.39 Å². The molecule has 116 valence electrons. The van der Waals surface area contributed by atoms with Gasteiger partial charge in [-0.2, -0.15) is 0 Å². The lowest BCUT2D eigenvalue weighted by molar-refractivity contribution is -0.138. The molecule has 0 saturated heterocycles. The van der Waals surface area contributed by atoms with Crippen molar-refractivity contribution in [3.63, 3.8) is 0 Å². The summed E-state index contributed by atoms with van der Waals surface area (Å²) in [6, 6.07) is 5.02. The monoisotopic (exact) mass is 301 g/mol. The maximum atomic E-state index is 13.7. The van der Waals surface area contributed by atoms with Crippen LogP contribution in [0, 0.1) is 5.82 Å². The lowest BCUT2D eigenvalue weighted by Crippen LogP contribution is -2.59. The van der Waals surface area contributed by atoms with Gasteiger partial charge >= 0.3 is 0 Å². The van der Waals surface area contributed by atoms with Gasteiger partial charge in [-0.25, -0.2) is 4.39 Å². The van der Waals surface area contributed by atoms with Crippen molar-refractivity contribution < 1.29 is 9.18 Å². The molecule has 1 unspecified atom stereocenters. The molecule has 22 heavy (non-hydrogen) atoms. The van der Waals surface area contributed by atoms with Gasteiger partial charge in [0.25, 0.3) is 0 Å². The predicted octanol–water partition coefficient (Wildman–Crippen LogP) is 2.30. The van der Waals surface area contributed by atoms with E-state index in [0.717, 1.165) is 30.5 Å². The number of aromatic nitrogens is 1. The van der Waals surface area contributed by atoms with Crippen molar-refractivity contribution in [2.75, 3.05) is 20.1 Å². The van der Waals surface area contributed by atoms with Gasteiger partial charge in [-0.1, -0.05) is 0 Å². The zero-order chi connectivity index (χ0) is 15.6. The van der Waals surface area contributed by atoms with Crippen molar-refractivity contribution in [2.45, 2.75) is 32.5 Å². The van der Waals surface area contributed by atoms with Gasteiger partial charge < -0.3 is 9.47 Å². The normalized spacial score (nSPS) is 24.6. The van der Waals surface area contributed by atoms with Crippen LogP contribution in [-0.2, 0) is 23.4 Å². The fraction of sp³-hybridized carbons (Fsp3) is 0.471. The van der Waals surface area contributed by atoms with Gasteiger partial charge in [0, 0.05) is 30.9 Å². The van der Waals surface area contributed by atoms with Gasteiger partial charge in [-0.3, -0.25) is 9.69 Å². The number of hydrogen-bond acceptors (Lipinski definition) is 2. The summed E-state index contributed by atoms with van der Waals surface area (Å²) in [7, 11) is 2.07. The Hall–Kier alpha value is -1.88. The molecule has 1 amide bonds. The molecule has 1 aromatic carbocycles. The van der Waals surface area contributed by atoms with Crippen LogP contribution in [0.2, 0.25) is 0 Å². The number of nitrogens with zero attached hydrogens (tertiary/aromatic N) is 3. The maximum Gasteiger partial charge on any atom is 0.220 e. The number of amides is 1. The van der Waals surface area contributed by atoms with Crippen molar-refractivity contribution in [3.05, 3.63) is 35.3 Å². The van der Waals surface area contributed by atoms with Crippen molar-refractivity contribution in [1.82, 2.24) is 14.4 Å². The van der Waals surface area contributed by atoms with Crippen LogP contribution >= 0.6 is 0 Å². The van der Waals surface area contributed by atoms with E-state index in [1.165, 1.54) is 17.3 Å². The SMILES string of the molecule is CC(=O)N1CCc2c3n(c4ccc(F)cc24)CN(C)CC31C. The van der Waals surface area contributed by atoms with E-state index in [2.05, 4.69) is 23.4 Å². The molecule has 0 radical (unpaired) electrons. The third kappa shape index (κ3) is 1.63. The van der Waals surface area contributed by atoms with E-state index in [9.17, 15) is 9.18 Å². The van der Waals surface area contributed by atoms with Crippen molar-refractivity contribution in [3.8, 4) is 0 Å². The smallest absolute Gasteiger partial charge is 0.220 e. The molecule has 0 spiro atoms. The molecule has 1 aromatic heterocycles. The number of fused-ring (bicyclic) bond motifs is 3. The number of rotatable bonds is 0. The second-order valence-corrected chi connectivity index (χ2v) is 6.77. The van der Waals surface area contributed by atoms with Gasteiger partial charge in [0.15, 0.2) is 0 Å². The fourth-order valence-corrected chi connectivity index (χ4v) is 4.49. The van der Waals surface area contributed by atoms with Crippen LogP contribution in [-0.4, -0.2) is 40.4 Å². The van der Waals surface area contributed by atoms with E-state index in [0.29, 0.717) is 6.54 Å². The third-order valence-corrected chi connectivity index (χ3v) is 5.16. The minimum atomic E-state index is -0.345. The topological polar surface area (TPSA) is 28.5 Å². The second-order valence-electron chi connectivity index (χ2n) is 6.77. The number of hydrogen-bond donors (Lipinski definition) is 0. The molecule has 3 heterocycles. The minimum absolute atomic E-state index is 0.103. The third-order valence-electron chi connectivity index (χ3n) is 5.16. The summed E-state index contributed by atoms with van der Waals surface area (Å²) >= 11 is 0. The fourth-order valence-electron chi connectivity index (χ4n) is 4.49. The summed E-state index contributed by atoms with van der Waals surface area (Å²) in [6.07, 6.45) is 0.793. The zero-order valence-corrected chi connectivity index (χ0v) is 13.2. The Morgan fingerprint density at radius 1 is 1.36 bits per heavy atom. The Labute approximate surface area is 129 Å². The first-order chi connectivity index (χ1) is 10.4. The predicted molar refractivity (Wildman–Crippen MR) is 83.0 cm³/mol. The Morgan fingerprint density at radius 3 is 2.86 bits per heavy atom. The highest BCUT2D eigenvalue weighted by Gasteiger charge is 2.46. The van der Waals surface area contributed by atoms with Crippen LogP contribution in [0.3, 0.4) is 0 Å². The summed E-state index contributed by atoms with van der Waals surface area (Å²) in [6.45, 7) is 6.05. The van der Waals surface area contributed by atoms with Gasteiger partial charge in [0.2, 0.25) is 5.91 Å². The van der Waals surface area contributed by atoms with E-state index in [1.54, 1.807) is 13.0 Å². The molecule has 0 fully saturated rings. The van der Waals surface area contributed by atoms with Crippen molar-refractivity contribution >= 4 is 16.8 Å². The first-order valence-corrected chi connectivity index (χ1v) is 7.69. The van der Waals surface area contributed by atoms with Crippen LogP contribution < -0.4 is 0 Å². The van der Waals surface area contributed by atoms with Gasteiger partial charge in [-0.15, -0.1) is 0 Å². The van der Waals surface area contributed by atoms with E-state index < -0.39 is 0 Å². The van der Waals surface area contributed by atoms with Crippen LogP contribution in [0.15, 0.2) is 18.2 Å². The molecule has 4 nitrogen and oxygen atoms in total. The molecule has 1 atom stereocenters. The first-order valence-electron chi connectivity index (χ1n) is 7.69. The van der Waals surface area contributed by atoms with Gasteiger partial charge in [-0.05, 0) is 44.2 Å². The summed E-state index contributed by atoms with van der Waals surface area (Å²) in [5, 5.41) is 1.000. The molecule has 2 aliphatic rings. The maximum absolute atomic E-state index is 13.7. The molecule has 0 aliphatic carbocycles. The van der Waals surface area contributed by atoms with Crippen molar-refractivity contribution in [1.29, 1.82) is 0 Å². The summed E-state index contributed by atoms with van der Waals surface area (Å²) < 4.78 is 16.0. The minimum Gasteiger partial charge on any atom is -0.330 e. The average Bonchev–Trinajstić information content (AvgIpc) is 2.73. The quantitative estimate of drug-likeness (QED) is 0.747. The summed E-state index contributed by atoms with van der Waals surface area (Å²) in [5.74, 6) is -0.0952. The van der Waals surface area contributed by atoms with Crippen LogP contribution in [0.1, 0.15) is 25.1 Å².